The van der Waals surface area contributed by atoms with Crippen LogP contribution in [0.3, 0.4) is 0 Å². The van der Waals surface area contributed by atoms with Gasteiger partial charge in [-0.3, -0.25) is 0 Å². The third-order valence-corrected chi connectivity index (χ3v) is 16.4. The SMILES string of the molecule is CC1(C)OB(C(CCCOc2cccc(C(F)(F)F)c2)(B2OC(C)(C)C(C)(C)O2)C(CCc2cccc3ccccc23)(B2OC(C)(C)C(C)(C)O2)B2OC(C)(C)C(C)(C)O2)OC1(C)C. The van der Waals surface area contributed by atoms with Crippen LogP contribution in [0.1, 0.15) is 141 Å². The molecule has 4 heterocycles. The maximum absolute atomic E-state index is 13.9. The predicted octanol–water partition coefficient (Wildman–Crippen LogP) is 11.6. The molecule has 0 atom stereocenters. The van der Waals surface area contributed by atoms with Crippen molar-refractivity contribution >= 4 is 39.2 Å². The van der Waals surface area contributed by atoms with Gasteiger partial charge in [-0.05, 0) is 171 Å². The first-order chi connectivity index (χ1) is 29.2. The summed E-state index contributed by atoms with van der Waals surface area (Å²) in [6, 6.07) is 19.6. The average molecular weight is 890 g/mol. The molecule has 348 valence electrons. The van der Waals surface area contributed by atoms with Gasteiger partial charge in [-0.1, -0.05) is 48.5 Å². The molecule has 0 aliphatic carbocycles. The molecule has 64 heavy (non-hydrogen) atoms. The van der Waals surface area contributed by atoms with E-state index >= 15 is 0 Å². The van der Waals surface area contributed by atoms with Gasteiger partial charge in [0.1, 0.15) is 5.75 Å². The lowest BCUT2D eigenvalue weighted by atomic mass is 9.14. The summed E-state index contributed by atoms with van der Waals surface area (Å²) in [6.07, 6.45) is -3.16. The second-order valence-electron chi connectivity index (χ2n) is 22.5. The topological polar surface area (TPSA) is 83.1 Å². The van der Waals surface area contributed by atoms with Gasteiger partial charge in [-0.25, -0.2) is 0 Å². The van der Waals surface area contributed by atoms with Gasteiger partial charge in [-0.15, -0.1) is 0 Å². The van der Waals surface area contributed by atoms with Crippen LogP contribution in [-0.4, -0.2) is 79.9 Å². The Morgan fingerprint density at radius 1 is 0.469 bits per heavy atom. The molecule has 9 nitrogen and oxygen atoms in total. The number of rotatable bonds is 13. The molecule has 0 bridgehead atoms. The molecular formula is C48H69B4F3O9. The maximum atomic E-state index is 13.9. The minimum atomic E-state index is -4.53. The molecule has 7 rings (SSSR count). The zero-order valence-corrected chi connectivity index (χ0v) is 41.0. The van der Waals surface area contributed by atoms with Crippen molar-refractivity contribution in [2.75, 3.05) is 6.61 Å². The van der Waals surface area contributed by atoms with E-state index < -0.39 is 95.4 Å². The molecule has 16 heteroatoms. The van der Waals surface area contributed by atoms with Crippen LogP contribution >= 0.6 is 0 Å². The Morgan fingerprint density at radius 3 is 1.27 bits per heavy atom. The molecule has 3 aromatic carbocycles. The predicted molar refractivity (Wildman–Crippen MR) is 248 cm³/mol. The third kappa shape index (κ3) is 8.19. The lowest BCUT2D eigenvalue weighted by molar-refractivity contribution is -0.137. The summed E-state index contributed by atoms with van der Waals surface area (Å²) in [4.78, 5) is 0. The minimum Gasteiger partial charge on any atom is -0.494 e. The van der Waals surface area contributed by atoms with Crippen molar-refractivity contribution in [3.05, 3.63) is 77.9 Å². The average Bonchev–Trinajstić information content (AvgIpc) is 3.72. The van der Waals surface area contributed by atoms with Crippen molar-refractivity contribution < 1.29 is 55.1 Å². The smallest absolute Gasteiger partial charge is 0.461 e. The Hall–Kier alpha value is -2.55. The van der Waals surface area contributed by atoms with Gasteiger partial charge in [0.15, 0.2) is 0 Å². The molecule has 0 spiro atoms. The zero-order valence-electron chi connectivity index (χ0n) is 41.0. The van der Waals surface area contributed by atoms with Crippen LogP contribution in [0, 0.1) is 0 Å². The lowest BCUT2D eigenvalue weighted by Crippen LogP contribution is -2.66. The van der Waals surface area contributed by atoms with Crippen LogP contribution in [0.2, 0.25) is 10.4 Å². The molecule has 4 aliphatic heterocycles. The first kappa shape index (κ1) is 49.4. The summed E-state index contributed by atoms with van der Waals surface area (Å²) in [5, 5.41) is -0.606. The van der Waals surface area contributed by atoms with E-state index in [1.165, 1.54) is 12.1 Å². The van der Waals surface area contributed by atoms with Crippen molar-refractivity contribution in [1.29, 1.82) is 0 Å². The van der Waals surface area contributed by atoms with Gasteiger partial charge in [0.2, 0.25) is 0 Å². The highest BCUT2D eigenvalue weighted by molar-refractivity contribution is 6.83. The molecule has 0 unspecified atom stereocenters. The molecule has 0 amide bonds. The van der Waals surface area contributed by atoms with Crippen LogP contribution in [-0.2, 0) is 49.8 Å². The fourth-order valence-corrected chi connectivity index (χ4v) is 9.42. The third-order valence-electron chi connectivity index (χ3n) is 16.4. The fourth-order valence-electron chi connectivity index (χ4n) is 9.42. The van der Waals surface area contributed by atoms with E-state index in [4.69, 9.17) is 42.0 Å². The van der Waals surface area contributed by atoms with Crippen LogP contribution in [0.5, 0.6) is 5.75 Å². The van der Waals surface area contributed by atoms with Gasteiger partial charge in [-0.2, -0.15) is 13.2 Å². The molecule has 4 aliphatic rings. The first-order valence-corrected chi connectivity index (χ1v) is 22.9. The van der Waals surface area contributed by atoms with E-state index in [0.717, 1.165) is 28.5 Å². The van der Waals surface area contributed by atoms with E-state index in [-0.39, 0.29) is 18.8 Å². The number of ether oxygens (including phenoxy) is 1. The number of fused-ring (bicyclic) bond motifs is 1. The number of aryl methyl sites for hydroxylation is 1. The Kier molecular flexibility index (Phi) is 12.4. The molecule has 3 aromatic rings. The highest BCUT2D eigenvalue weighted by atomic mass is 19.4. The van der Waals surface area contributed by atoms with Crippen LogP contribution < -0.4 is 4.74 Å². The van der Waals surface area contributed by atoms with Gasteiger partial charge in [0.25, 0.3) is 0 Å². The van der Waals surface area contributed by atoms with Crippen LogP contribution in [0.15, 0.2) is 66.7 Å². The summed E-state index contributed by atoms with van der Waals surface area (Å²) < 4.78 is 107. The van der Waals surface area contributed by atoms with Gasteiger partial charge in [0.05, 0.1) is 57.0 Å². The summed E-state index contributed by atoms with van der Waals surface area (Å²) in [6.45, 7) is 32.4. The van der Waals surface area contributed by atoms with Crippen LogP contribution in [0.25, 0.3) is 10.8 Å². The van der Waals surface area contributed by atoms with Crippen molar-refractivity contribution in [1.82, 2.24) is 0 Å². The normalized spacial score (nSPS) is 24.2. The molecule has 4 fully saturated rings. The Morgan fingerprint density at radius 2 is 0.844 bits per heavy atom. The van der Waals surface area contributed by atoms with Gasteiger partial charge in [0, 0.05) is 10.4 Å². The standard InChI is InChI=1S/C48H69B4F3O9/c1-38(2)39(3,4)58-49(57-38)46(50-59-40(5,6)41(7,8)60-50,29-21-31-56-36-26-20-25-35(32-36)48(53,54)55)47(51-61-42(9,10)43(11,12)62-51,52-63-44(13,14)45(15,16)64-52)30-28-34-24-19-23-33-22-17-18-27-37(33)34/h17-20,22-27,32H,21,28-31H2,1-16H3. The van der Waals surface area contributed by atoms with Crippen molar-refractivity contribution in [2.24, 2.45) is 0 Å². The van der Waals surface area contributed by atoms with Crippen LogP contribution in [0.4, 0.5) is 13.2 Å². The Labute approximate surface area is 381 Å². The molecule has 0 aromatic heterocycles. The number of halogens is 3. The zero-order chi connectivity index (χ0) is 47.4. The monoisotopic (exact) mass is 891 g/mol. The summed E-state index contributed by atoms with van der Waals surface area (Å²) in [5.41, 5.74) is -6.34. The lowest BCUT2D eigenvalue weighted by Gasteiger charge is -2.53. The molecule has 0 saturated carbocycles. The number of benzene rings is 3. The summed E-state index contributed by atoms with van der Waals surface area (Å²) >= 11 is 0. The Bertz CT molecular complexity index is 2050. The number of hydrogen-bond donors (Lipinski definition) is 0. The molecule has 0 radical (unpaired) electrons. The van der Waals surface area contributed by atoms with E-state index in [1.54, 1.807) is 0 Å². The summed E-state index contributed by atoms with van der Waals surface area (Å²) in [7, 11) is -4.20. The number of hydrogen-bond acceptors (Lipinski definition) is 9. The second kappa shape index (κ2) is 16.0. The molecular weight excluding hydrogens is 821 g/mol. The van der Waals surface area contributed by atoms with E-state index in [2.05, 4.69) is 30.3 Å². The minimum absolute atomic E-state index is 0.0359. The second-order valence-corrected chi connectivity index (χ2v) is 22.5. The number of alkyl halides is 3. The van der Waals surface area contributed by atoms with E-state index in [0.29, 0.717) is 19.3 Å². The van der Waals surface area contributed by atoms with E-state index in [9.17, 15) is 13.2 Å². The maximum Gasteiger partial charge on any atom is 0.461 e. The van der Waals surface area contributed by atoms with Crippen molar-refractivity contribution in [2.45, 2.75) is 198 Å². The quantitative estimate of drug-likeness (QED) is 0.123. The first-order valence-electron chi connectivity index (χ1n) is 22.9. The van der Waals surface area contributed by atoms with Gasteiger partial charge >= 0.3 is 34.6 Å². The van der Waals surface area contributed by atoms with Crippen molar-refractivity contribution in [3.63, 3.8) is 0 Å². The van der Waals surface area contributed by atoms with E-state index in [1.807, 2.05) is 123 Å². The van der Waals surface area contributed by atoms with Crippen molar-refractivity contribution in [3.8, 4) is 5.75 Å². The highest BCUT2D eigenvalue weighted by Crippen LogP contribution is 2.72. The highest BCUT2D eigenvalue weighted by Gasteiger charge is 2.84. The molecule has 0 N–H and O–H groups in total. The molecule has 4 saturated heterocycles. The Balaban J connectivity index is 1.52. The summed E-state index contributed by atoms with van der Waals surface area (Å²) in [5.74, 6) is 0.103. The fraction of sp³-hybridized carbons (Fsp3) is 0.667. The largest absolute Gasteiger partial charge is 0.494 e. The van der Waals surface area contributed by atoms with Gasteiger partial charge < -0.3 is 42.0 Å².